The molecule has 0 saturated carbocycles. The number of fused-ring (bicyclic) bond motifs is 1. The smallest absolute Gasteiger partial charge is 0.328 e. The molecule has 1 aliphatic rings. The summed E-state index contributed by atoms with van der Waals surface area (Å²) in [5.41, 5.74) is 2.33. The van der Waals surface area contributed by atoms with E-state index in [1.54, 1.807) is 31.2 Å². The second-order valence-corrected chi connectivity index (χ2v) is 9.41. The number of hydrogen-bond acceptors (Lipinski definition) is 6. The molecule has 1 aromatic heterocycles. The van der Waals surface area contributed by atoms with E-state index in [9.17, 15) is 13.2 Å². The Bertz CT molecular complexity index is 980. The average Bonchev–Trinajstić information content (AvgIpc) is 3.04. The SMILES string of the molecule is CCOC(=O)C1Cc2nc(NS(=O)(=O)c3ccc(C(C)(C)C)cc3)ccc2N1. The number of nitrogens with zero attached hydrogens (tertiary/aromatic N) is 1. The van der Waals surface area contributed by atoms with Crippen LogP contribution in [0.15, 0.2) is 41.3 Å². The molecule has 0 radical (unpaired) electrons. The van der Waals surface area contributed by atoms with Crippen LogP contribution in [0, 0.1) is 0 Å². The molecule has 1 aliphatic heterocycles. The quantitative estimate of drug-likeness (QED) is 0.745. The van der Waals surface area contributed by atoms with E-state index in [4.69, 9.17) is 4.74 Å². The number of esters is 1. The summed E-state index contributed by atoms with van der Waals surface area (Å²) in [6, 6.07) is 9.60. The number of carbonyl (C=O) groups excluding carboxylic acids is 1. The summed E-state index contributed by atoms with van der Waals surface area (Å²) in [6.07, 6.45) is 0.351. The van der Waals surface area contributed by atoms with Gasteiger partial charge in [-0.15, -0.1) is 0 Å². The molecule has 1 aromatic carbocycles. The van der Waals surface area contributed by atoms with Gasteiger partial charge in [-0.1, -0.05) is 32.9 Å². The Balaban J connectivity index is 1.76. The monoisotopic (exact) mass is 403 g/mol. The molecule has 1 atom stereocenters. The molecule has 0 aliphatic carbocycles. The number of ether oxygens (including phenoxy) is 1. The van der Waals surface area contributed by atoms with Gasteiger partial charge in [-0.2, -0.15) is 0 Å². The minimum atomic E-state index is -3.76. The number of rotatable bonds is 5. The van der Waals surface area contributed by atoms with Crippen LogP contribution in [-0.2, 0) is 31.4 Å². The van der Waals surface area contributed by atoms with Crippen LogP contribution in [0.2, 0.25) is 0 Å². The molecule has 2 heterocycles. The molecule has 0 fully saturated rings. The molecular weight excluding hydrogens is 378 g/mol. The first kappa shape index (κ1) is 20.1. The van der Waals surface area contributed by atoms with Gasteiger partial charge >= 0.3 is 5.97 Å². The van der Waals surface area contributed by atoms with Crippen molar-refractivity contribution in [1.82, 2.24) is 4.98 Å². The van der Waals surface area contributed by atoms with E-state index in [0.29, 0.717) is 24.4 Å². The number of aromatic nitrogens is 1. The molecule has 8 heteroatoms. The normalized spacial score (nSPS) is 16.2. The molecule has 3 rings (SSSR count). The van der Waals surface area contributed by atoms with Gasteiger partial charge in [-0.05, 0) is 42.2 Å². The van der Waals surface area contributed by atoms with Gasteiger partial charge in [0, 0.05) is 6.42 Å². The number of hydrogen-bond donors (Lipinski definition) is 2. The molecular formula is C20H25N3O4S. The highest BCUT2D eigenvalue weighted by Gasteiger charge is 2.29. The second-order valence-electron chi connectivity index (χ2n) is 7.72. The molecule has 2 aromatic rings. The number of nitrogens with one attached hydrogen (secondary N) is 2. The Labute approximate surface area is 165 Å². The Hall–Kier alpha value is -2.61. The lowest BCUT2D eigenvalue weighted by Crippen LogP contribution is -2.29. The minimum Gasteiger partial charge on any atom is -0.464 e. The molecule has 7 nitrogen and oxygen atoms in total. The molecule has 0 amide bonds. The third kappa shape index (κ3) is 4.27. The van der Waals surface area contributed by atoms with Crippen LogP contribution in [0.1, 0.15) is 39.0 Å². The van der Waals surface area contributed by atoms with Crippen LogP contribution in [0.25, 0.3) is 0 Å². The summed E-state index contributed by atoms with van der Waals surface area (Å²) in [5.74, 6) is -0.133. The lowest BCUT2D eigenvalue weighted by Gasteiger charge is -2.19. The fourth-order valence-corrected chi connectivity index (χ4v) is 3.99. The standard InChI is InChI=1S/C20H25N3O4S/c1-5-27-19(24)17-12-16-15(21-17)10-11-18(22-16)23-28(25,26)14-8-6-13(7-9-14)20(2,3)4/h6-11,17,21H,5,12H2,1-4H3,(H,22,23). The van der Waals surface area contributed by atoms with E-state index in [1.807, 2.05) is 12.1 Å². The maximum atomic E-state index is 12.7. The first-order valence-electron chi connectivity index (χ1n) is 9.16. The van der Waals surface area contributed by atoms with E-state index in [2.05, 4.69) is 35.8 Å². The van der Waals surface area contributed by atoms with E-state index in [-0.39, 0.29) is 22.1 Å². The number of anilines is 2. The topological polar surface area (TPSA) is 97.4 Å². The van der Waals surface area contributed by atoms with Crippen molar-refractivity contribution in [2.24, 2.45) is 0 Å². The number of carbonyl (C=O) groups is 1. The third-order valence-electron chi connectivity index (χ3n) is 4.54. The molecule has 0 spiro atoms. The summed E-state index contributed by atoms with van der Waals surface area (Å²) in [7, 11) is -3.76. The fourth-order valence-electron chi connectivity index (χ4n) is 2.99. The molecule has 2 N–H and O–H groups in total. The lowest BCUT2D eigenvalue weighted by atomic mass is 9.87. The predicted molar refractivity (Wildman–Crippen MR) is 108 cm³/mol. The van der Waals surface area contributed by atoms with Gasteiger partial charge in [-0.3, -0.25) is 4.72 Å². The van der Waals surface area contributed by atoms with Crippen molar-refractivity contribution in [3.63, 3.8) is 0 Å². The number of benzene rings is 1. The van der Waals surface area contributed by atoms with Crippen molar-refractivity contribution in [2.45, 2.75) is 50.5 Å². The predicted octanol–water partition coefficient (Wildman–Crippen LogP) is 3.08. The number of sulfonamides is 1. The zero-order valence-corrected chi connectivity index (χ0v) is 17.3. The Kier molecular flexibility index (Phi) is 5.34. The van der Waals surface area contributed by atoms with Gasteiger partial charge in [0.25, 0.3) is 10.0 Å². The van der Waals surface area contributed by atoms with E-state index >= 15 is 0 Å². The van der Waals surface area contributed by atoms with Crippen molar-refractivity contribution < 1.29 is 17.9 Å². The Morgan fingerprint density at radius 1 is 1.21 bits per heavy atom. The van der Waals surface area contributed by atoms with E-state index < -0.39 is 16.1 Å². The maximum Gasteiger partial charge on any atom is 0.328 e. The summed E-state index contributed by atoms with van der Waals surface area (Å²) in [4.78, 5) is 16.4. The average molecular weight is 404 g/mol. The fraction of sp³-hybridized carbons (Fsp3) is 0.400. The van der Waals surface area contributed by atoms with Crippen LogP contribution in [0.4, 0.5) is 11.5 Å². The van der Waals surface area contributed by atoms with Gasteiger partial charge < -0.3 is 10.1 Å². The van der Waals surface area contributed by atoms with Gasteiger partial charge in [0.05, 0.1) is 22.9 Å². The molecule has 150 valence electrons. The highest BCUT2D eigenvalue weighted by atomic mass is 32.2. The highest BCUT2D eigenvalue weighted by molar-refractivity contribution is 7.92. The Morgan fingerprint density at radius 2 is 1.89 bits per heavy atom. The van der Waals surface area contributed by atoms with Gasteiger partial charge in [-0.25, -0.2) is 18.2 Å². The van der Waals surface area contributed by atoms with Crippen molar-refractivity contribution >= 4 is 27.5 Å². The first-order valence-corrected chi connectivity index (χ1v) is 10.6. The van der Waals surface area contributed by atoms with Gasteiger partial charge in [0.2, 0.25) is 0 Å². The van der Waals surface area contributed by atoms with Gasteiger partial charge in [0.1, 0.15) is 11.9 Å². The summed E-state index contributed by atoms with van der Waals surface area (Å²) >= 11 is 0. The molecule has 0 bridgehead atoms. The van der Waals surface area contributed by atoms with Crippen LogP contribution < -0.4 is 10.0 Å². The Morgan fingerprint density at radius 3 is 2.50 bits per heavy atom. The molecule has 28 heavy (non-hydrogen) atoms. The van der Waals surface area contributed by atoms with Crippen LogP contribution in [0.3, 0.4) is 0 Å². The summed E-state index contributed by atoms with van der Waals surface area (Å²) in [5, 5.41) is 3.05. The van der Waals surface area contributed by atoms with Crippen molar-refractivity contribution in [3.05, 3.63) is 47.7 Å². The molecule has 0 saturated heterocycles. The molecule has 1 unspecified atom stereocenters. The summed E-state index contributed by atoms with van der Waals surface area (Å²) < 4.78 is 32.9. The largest absolute Gasteiger partial charge is 0.464 e. The van der Waals surface area contributed by atoms with Crippen LogP contribution >= 0.6 is 0 Å². The van der Waals surface area contributed by atoms with Crippen LogP contribution in [-0.4, -0.2) is 32.0 Å². The third-order valence-corrected chi connectivity index (χ3v) is 5.91. The highest BCUT2D eigenvalue weighted by Crippen LogP contribution is 2.28. The zero-order chi connectivity index (χ0) is 20.5. The van der Waals surface area contributed by atoms with Crippen molar-refractivity contribution in [3.8, 4) is 0 Å². The number of pyridine rings is 1. The van der Waals surface area contributed by atoms with Crippen LogP contribution in [0.5, 0.6) is 0 Å². The van der Waals surface area contributed by atoms with E-state index in [1.165, 1.54) is 0 Å². The lowest BCUT2D eigenvalue weighted by molar-refractivity contribution is -0.143. The zero-order valence-electron chi connectivity index (χ0n) is 16.4. The van der Waals surface area contributed by atoms with E-state index in [0.717, 1.165) is 5.56 Å². The maximum absolute atomic E-state index is 12.7. The minimum absolute atomic E-state index is 0.0558. The first-order chi connectivity index (χ1) is 13.1. The van der Waals surface area contributed by atoms with Crippen molar-refractivity contribution in [2.75, 3.05) is 16.6 Å². The van der Waals surface area contributed by atoms with Gasteiger partial charge in [0.15, 0.2) is 0 Å². The summed E-state index contributed by atoms with van der Waals surface area (Å²) in [6.45, 7) is 8.27. The van der Waals surface area contributed by atoms with Crippen molar-refractivity contribution in [1.29, 1.82) is 0 Å². The second kappa shape index (κ2) is 7.43.